The minimum atomic E-state index is -0.631. The molecule has 8 nitrogen and oxygen atoms in total. The highest BCUT2D eigenvalue weighted by atomic mass is 16.5. The molecule has 3 aromatic rings. The molecule has 1 unspecified atom stereocenters. The zero-order valence-electron chi connectivity index (χ0n) is 20.7. The number of piperazine rings is 1. The maximum atomic E-state index is 14.2. The van der Waals surface area contributed by atoms with Gasteiger partial charge in [0.2, 0.25) is 0 Å². The fourth-order valence-electron chi connectivity index (χ4n) is 5.47. The van der Waals surface area contributed by atoms with Crippen LogP contribution in [0.25, 0.3) is 11.3 Å². The zero-order chi connectivity index (χ0) is 25.1. The van der Waals surface area contributed by atoms with Gasteiger partial charge >= 0.3 is 5.69 Å². The summed E-state index contributed by atoms with van der Waals surface area (Å²) in [6.07, 6.45) is 2.58. The number of rotatable bonds is 6. The zero-order valence-corrected chi connectivity index (χ0v) is 20.7. The number of carbonyl (C=O) groups excluding carboxylic acids is 1. The van der Waals surface area contributed by atoms with Gasteiger partial charge in [-0.3, -0.25) is 13.9 Å². The number of ether oxygens (including phenoxy) is 1. The van der Waals surface area contributed by atoms with Crippen LogP contribution in [0.3, 0.4) is 0 Å². The molecule has 0 radical (unpaired) electrons. The number of carbonyl (C=O) groups is 1. The molecule has 36 heavy (non-hydrogen) atoms. The molecule has 8 heteroatoms. The quantitative estimate of drug-likeness (QED) is 0.555. The van der Waals surface area contributed by atoms with Crippen molar-refractivity contribution >= 4 is 5.91 Å². The van der Waals surface area contributed by atoms with E-state index in [1.165, 1.54) is 0 Å². The van der Waals surface area contributed by atoms with Crippen LogP contribution in [0, 0.1) is 0 Å². The standard InChI is InChI=1S/C28H34N4O4/c1-36-22-11-7-8-20(18-22)19-31-26(27(34)30-16-14-29-15-17-30)25(21-9-3-2-4-10-21)32(28(31)35)23-12-5-6-13-24(23)33/h2-4,7-11,18,23-24,29,33H,5-6,12-17,19H2,1H3/t23?,24-/m1/s1. The van der Waals surface area contributed by atoms with Crippen molar-refractivity contribution in [1.29, 1.82) is 0 Å². The van der Waals surface area contributed by atoms with Gasteiger partial charge in [-0.15, -0.1) is 0 Å². The smallest absolute Gasteiger partial charge is 0.329 e. The maximum absolute atomic E-state index is 14.2. The van der Waals surface area contributed by atoms with Crippen molar-refractivity contribution in [1.82, 2.24) is 19.4 Å². The van der Waals surface area contributed by atoms with E-state index in [-0.39, 0.29) is 24.2 Å². The molecule has 2 fully saturated rings. The number of hydrogen-bond acceptors (Lipinski definition) is 5. The van der Waals surface area contributed by atoms with Crippen molar-refractivity contribution < 1.29 is 14.6 Å². The van der Waals surface area contributed by atoms with Crippen molar-refractivity contribution in [3.63, 3.8) is 0 Å². The third-order valence-electron chi connectivity index (χ3n) is 7.33. The lowest BCUT2D eigenvalue weighted by Crippen LogP contribution is -2.47. The monoisotopic (exact) mass is 490 g/mol. The van der Waals surface area contributed by atoms with Crippen LogP contribution >= 0.6 is 0 Å². The average Bonchev–Trinajstić information content (AvgIpc) is 3.21. The van der Waals surface area contributed by atoms with Gasteiger partial charge in [0.05, 0.1) is 31.5 Å². The molecule has 2 aromatic carbocycles. The van der Waals surface area contributed by atoms with Gasteiger partial charge in [0.1, 0.15) is 11.4 Å². The molecule has 2 atom stereocenters. The van der Waals surface area contributed by atoms with E-state index in [0.717, 1.165) is 24.0 Å². The summed E-state index contributed by atoms with van der Waals surface area (Å²) in [5.41, 5.74) is 2.38. The topological polar surface area (TPSA) is 88.7 Å². The van der Waals surface area contributed by atoms with Gasteiger partial charge in [-0.25, -0.2) is 4.79 Å². The summed E-state index contributed by atoms with van der Waals surface area (Å²) in [5.74, 6) is 0.542. The van der Waals surface area contributed by atoms with Crippen LogP contribution < -0.4 is 15.7 Å². The lowest BCUT2D eigenvalue weighted by Gasteiger charge is -2.30. The predicted octanol–water partition coefficient (Wildman–Crippen LogP) is 2.90. The van der Waals surface area contributed by atoms with E-state index >= 15 is 0 Å². The van der Waals surface area contributed by atoms with Crippen LogP contribution in [0.1, 0.15) is 47.8 Å². The molecule has 1 aliphatic carbocycles. The Labute approximate surface area is 211 Å². The molecule has 1 saturated heterocycles. The molecule has 0 spiro atoms. The Balaban J connectivity index is 1.73. The average molecular weight is 491 g/mol. The molecule has 2 aliphatic rings. The molecule has 0 bridgehead atoms. The molecule has 2 N–H and O–H groups in total. The molecule has 5 rings (SSSR count). The van der Waals surface area contributed by atoms with Gasteiger partial charge in [-0.2, -0.15) is 0 Å². The van der Waals surface area contributed by atoms with E-state index in [0.29, 0.717) is 56.2 Å². The summed E-state index contributed by atoms with van der Waals surface area (Å²) in [6, 6.07) is 16.8. The van der Waals surface area contributed by atoms with Crippen LogP contribution in [-0.2, 0) is 6.54 Å². The number of benzene rings is 2. The van der Waals surface area contributed by atoms with Gasteiger partial charge in [0, 0.05) is 31.7 Å². The minimum absolute atomic E-state index is 0.153. The van der Waals surface area contributed by atoms with E-state index < -0.39 is 6.10 Å². The molecule has 1 aromatic heterocycles. The lowest BCUT2D eigenvalue weighted by molar-refractivity contribution is 0.0719. The summed E-state index contributed by atoms with van der Waals surface area (Å²) >= 11 is 0. The number of imidazole rings is 1. The number of aliphatic hydroxyl groups is 1. The normalized spacial score (nSPS) is 20.3. The minimum Gasteiger partial charge on any atom is -0.497 e. The second-order valence-electron chi connectivity index (χ2n) is 9.61. The Bertz CT molecular complexity index is 1260. The fourth-order valence-corrected chi connectivity index (χ4v) is 5.47. The molecular weight excluding hydrogens is 456 g/mol. The maximum Gasteiger partial charge on any atom is 0.329 e. The Morgan fingerprint density at radius 1 is 1.06 bits per heavy atom. The van der Waals surface area contributed by atoms with E-state index in [9.17, 15) is 14.7 Å². The number of nitrogens with one attached hydrogen (secondary N) is 1. The van der Waals surface area contributed by atoms with Crippen molar-refractivity contribution in [2.24, 2.45) is 0 Å². The Morgan fingerprint density at radius 2 is 1.81 bits per heavy atom. The number of hydrogen-bond donors (Lipinski definition) is 2. The van der Waals surface area contributed by atoms with Crippen molar-refractivity contribution in [2.75, 3.05) is 33.3 Å². The highest BCUT2D eigenvalue weighted by molar-refractivity contribution is 5.99. The van der Waals surface area contributed by atoms with Crippen LogP contribution in [0.4, 0.5) is 0 Å². The first kappa shape index (κ1) is 24.3. The van der Waals surface area contributed by atoms with E-state index in [1.54, 1.807) is 16.2 Å². The van der Waals surface area contributed by atoms with Crippen LogP contribution in [-0.4, -0.2) is 64.4 Å². The van der Waals surface area contributed by atoms with Gasteiger partial charge in [-0.05, 0) is 30.5 Å². The summed E-state index contributed by atoms with van der Waals surface area (Å²) in [7, 11) is 1.61. The fraction of sp³-hybridized carbons (Fsp3) is 0.429. The van der Waals surface area contributed by atoms with Crippen LogP contribution in [0.15, 0.2) is 59.4 Å². The van der Waals surface area contributed by atoms with Crippen LogP contribution in [0.2, 0.25) is 0 Å². The summed E-state index contributed by atoms with van der Waals surface area (Å²) < 4.78 is 8.70. The molecule has 2 heterocycles. The lowest BCUT2D eigenvalue weighted by atomic mass is 9.92. The second kappa shape index (κ2) is 10.7. The van der Waals surface area contributed by atoms with Crippen LogP contribution in [0.5, 0.6) is 5.75 Å². The first-order chi connectivity index (χ1) is 17.6. The third kappa shape index (κ3) is 4.70. The Morgan fingerprint density at radius 3 is 2.53 bits per heavy atom. The predicted molar refractivity (Wildman–Crippen MR) is 139 cm³/mol. The molecule has 1 aliphatic heterocycles. The van der Waals surface area contributed by atoms with Gasteiger partial charge in [-0.1, -0.05) is 55.3 Å². The van der Waals surface area contributed by atoms with E-state index in [1.807, 2.05) is 59.5 Å². The number of amides is 1. The number of aromatic nitrogens is 2. The number of methoxy groups -OCH3 is 1. The van der Waals surface area contributed by atoms with E-state index in [4.69, 9.17) is 4.74 Å². The molecule has 190 valence electrons. The van der Waals surface area contributed by atoms with Crippen molar-refractivity contribution in [3.05, 3.63) is 76.3 Å². The van der Waals surface area contributed by atoms with E-state index in [2.05, 4.69) is 5.32 Å². The Kier molecular flexibility index (Phi) is 7.25. The van der Waals surface area contributed by atoms with Crippen molar-refractivity contribution in [3.8, 4) is 17.0 Å². The highest BCUT2D eigenvalue weighted by Gasteiger charge is 2.35. The van der Waals surface area contributed by atoms with Gasteiger partial charge < -0.3 is 20.1 Å². The summed E-state index contributed by atoms with van der Waals surface area (Å²) in [6.45, 7) is 2.83. The largest absolute Gasteiger partial charge is 0.497 e. The number of aliphatic hydroxyl groups excluding tert-OH is 1. The highest BCUT2D eigenvalue weighted by Crippen LogP contribution is 2.34. The summed E-state index contributed by atoms with van der Waals surface area (Å²) in [4.78, 5) is 30.1. The number of nitrogens with zero attached hydrogens (tertiary/aromatic N) is 3. The molecular formula is C28H34N4O4. The first-order valence-electron chi connectivity index (χ1n) is 12.8. The SMILES string of the molecule is COc1cccc(Cn2c(C(=O)N3CCNCC3)c(-c3ccccc3)n(C3CCCC[C@H]3O)c2=O)c1. The molecule has 1 amide bonds. The van der Waals surface area contributed by atoms with Crippen molar-refractivity contribution in [2.45, 2.75) is 44.4 Å². The summed E-state index contributed by atoms with van der Waals surface area (Å²) in [5, 5.41) is 14.3. The molecule has 1 saturated carbocycles. The van der Waals surface area contributed by atoms with Gasteiger partial charge in [0.15, 0.2) is 0 Å². The second-order valence-corrected chi connectivity index (χ2v) is 9.61. The van der Waals surface area contributed by atoms with Gasteiger partial charge in [0.25, 0.3) is 5.91 Å². The third-order valence-corrected chi connectivity index (χ3v) is 7.33. The first-order valence-corrected chi connectivity index (χ1v) is 12.8. The Hall–Kier alpha value is -3.36.